The van der Waals surface area contributed by atoms with Crippen LogP contribution in [0.2, 0.25) is 0 Å². The first-order valence-corrected chi connectivity index (χ1v) is 9.87. The maximum absolute atomic E-state index is 8.25. The van der Waals surface area contributed by atoms with Gasteiger partial charge in [-0.3, -0.25) is 0 Å². The first kappa shape index (κ1) is 33.4. The standard InChI is InChI=1S/C18H40N2.Ag.NO3.H3N/c1-2-3-4-5-6-7-8-9-10-11-12-13-14-15-17-20-18-16-19;;2-1(3)4;/h20H,2-19H2,1H3;;;1H3/q;+1;-1;. The van der Waals surface area contributed by atoms with Crippen LogP contribution in [0.5, 0.6) is 0 Å². The third kappa shape index (κ3) is 43.8. The van der Waals surface area contributed by atoms with Gasteiger partial charge in [0.2, 0.25) is 0 Å². The summed E-state index contributed by atoms with van der Waals surface area (Å²) in [5.41, 5.74) is 5.43. The summed E-state index contributed by atoms with van der Waals surface area (Å²) in [6.45, 7) is 5.17. The van der Waals surface area contributed by atoms with E-state index in [1.165, 1.54) is 89.9 Å². The van der Waals surface area contributed by atoms with Crippen molar-refractivity contribution in [2.75, 3.05) is 19.6 Å². The van der Waals surface area contributed by atoms with E-state index in [1.54, 1.807) is 0 Å². The number of hydrogen-bond donors (Lipinski definition) is 3. The molecule has 0 heterocycles. The summed E-state index contributed by atoms with van der Waals surface area (Å²) in [7, 11) is 0. The quantitative estimate of drug-likeness (QED) is 0.119. The van der Waals surface area contributed by atoms with Gasteiger partial charge >= 0.3 is 22.4 Å². The molecule has 0 amide bonds. The van der Waals surface area contributed by atoms with Crippen molar-refractivity contribution in [2.24, 2.45) is 5.73 Å². The average Bonchev–Trinajstić information content (AvgIpc) is 2.54. The molecule has 0 rings (SSSR count). The van der Waals surface area contributed by atoms with Crippen LogP contribution in [0.25, 0.3) is 0 Å². The van der Waals surface area contributed by atoms with Crippen molar-refractivity contribution in [1.82, 2.24) is 11.5 Å². The molecule has 0 radical (unpaired) electrons. The summed E-state index contributed by atoms with van der Waals surface area (Å²) in [6, 6.07) is 0. The molecular weight excluding hydrogens is 428 g/mol. The SMILES string of the molecule is CCCCCCCCCCCCCCCCNCCN.N.O=[N+]([O-])[O-].[Ag+]. The normalized spacial score (nSPS) is 9.46. The van der Waals surface area contributed by atoms with Gasteiger partial charge in [0, 0.05) is 13.1 Å². The second-order valence-corrected chi connectivity index (χ2v) is 6.36. The zero-order chi connectivity index (χ0) is 18.3. The Hall–Kier alpha value is -0.180. The first-order valence-electron chi connectivity index (χ1n) is 9.87. The average molecular weight is 471 g/mol. The summed E-state index contributed by atoms with van der Waals surface area (Å²) in [6.07, 6.45) is 20.1. The molecule has 0 fully saturated rings. The van der Waals surface area contributed by atoms with E-state index in [1.807, 2.05) is 0 Å². The third-order valence-electron chi connectivity index (χ3n) is 4.03. The molecule has 0 saturated heterocycles. The molecule has 0 aromatic carbocycles. The molecule has 8 heteroatoms. The molecule has 0 saturated carbocycles. The topological polar surface area (TPSA) is 139 Å². The Morgan fingerprint density at radius 2 is 1.04 bits per heavy atom. The maximum Gasteiger partial charge on any atom is 1.00 e. The van der Waals surface area contributed by atoms with Crippen LogP contribution in [0.4, 0.5) is 0 Å². The Labute approximate surface area is 176 Å². The summed E-state index contributed by atoms with van der Waals surface area (Å²) < 4.78 is 0. The third-order valence-corrected chi connectivity index (χ3v) is 4.03. The smallest absolute Gasteiger partial charge is 0.356 e. The summed E-state index contributed by atoms with van der Waals surface area (Å²) in [4.78, 5) is 8.25. The van der Waals surface area contributed by atoms with Crippen molar-refractivity contribution < 1.29 is 27.5 Å². The Balaban J connectivity index is -0.000000363. The fourth-order valence-electron chi connectivity index (χ4n) is 2.67. The molecule has 6 N–H and O–H groups in total. The van der Waals surface area contributed by atoms with Crippen molar-refractivity contribution in [1.29, 1.82) is 0 Å². The van der Waals surface area contributed by atoms with Gasteiger partial charge in [0.25, 0.3) is 0 Å². The van der Waals surface area contributed by atoms with E-state index in [0.717, 1.165) is 19.6 Å². The Kier molecular flexibility index (Phi) is 41.7. The molecule has 0 aliphatic carbocycles. The number of nitrogens with two attached hydrogens (primary N) is 1. The van der Waals surface area contributed by atoms with E-state index in [9.17, 15) is 0 Å². The zero-order valence-corrected chi connectivity index (χ0v) is 18.3. The summed E-state index contributed by atoms with van der Waals surface area (Å²) in [5, 5.41) is 18.1. The molecule has 0 bridgehead atoms. The van der Waals surface area contributed by atoms with Gasteiger partial charge in [0.1, 0.15) is 0 Å². The predicted octanol–water partition coefficient (Wildman–Crippen LogP) is 4.94. The molecule has 0 unspecified atom stereocenters. The molecule has 26 heavy (non-hydrogen) atoms. The van der Waals surface area contributed by atoms with Gasteiger partial charge in [-0.25, -0.2) is 0 Å². The van der Waals surface area contributed by atoms with E-state index in [0.29, 0.717) is 0 Å². The minimum atomic E-state index is -1.75. The van der Waals surface area contributed by atoms with Gasteiger partial charge in [-0.1, -0.05) is 90.4 Å². The van der Waals surface area contributed by atoms with Gasteiger partial charge in [-0.15, -0.1) is 0 Å². The van der Waals surface area contributed by atoms with Crippen LogP contribution in [0.1, 0.15) is 96.8 Å². The molecule has 7 nitrogen and oxygen atoms in total. The number of hydrogen-bond acceptors (Lipinski definition) is 6. The van der Waals surface area contributed by atoms with Gasteiger partial charge < -0.3 is 32.5 Å². The van der Waals surface area contributed by atoms with Crippen LogP contribution in [0, 0.1) is 15.3 Å². The van der Waals surface area contributed by atoms with Gasteiger partial charge in [-0.2, -0.15) is 0 Å². The van der Waals surface area contributed by atoms with Crippen LogP contribution in [-0.4, -0.2) is 24.7 Å². The molecule has 0 aliphatic rings. The second kappa shape index (κ2) is 32.5. The number of unbranched alkanes of at least 4 members (excludes halogenated alkanes) is 13. The molecule has 0 aromatic heterocycles. The first-order chi connectivity index (χ1) is 11.6. The fraction of sp³-hybridized carbons (Fsp3) is 1.00. The Morgan fingerprint density at radius 3 is 1.35 bits per heavy atom. The van der Waals surface area contributed by atoms with Crippen LogP contribution in [0.3, 0.4) is 0 Å². The summed E-state index contributed by atoms with van der Waals surface area (Å²) in [5.74, 6) is 0. The monoisotopic (exact) mass is 470 g/mol. The fourth-order valence-corrected chi connectivity index (χ4v) is 2.67. The van der Waals surface area contributed by atoms with Gasteiger partial charge in [0.05, 0.1) is 5.09 Å². The molecular formula is C18H43AgN4O3. The van der Waals surface area contributed by atoms with E-state index in [2.05, 4.69) is 12.2 Å². The minimum Gasteiger partial charge on any atom is -0.356 e. The molecule has 164 valence electrons. The van der Waals surface area contributed by atoms with E-state index in [4.69, 9.17) is 21.1 Å². The molecule has 0 aromatic rings. The predicted molar refractivity (Wildman–Crippen MR) is 108 cm³/mol. The van der Waals surface area contributed by atoms with Crippen molar-refractivity contribution in [3.05, 3.63) is 15.3 Å². The Morgan fingerprint density at radius 1 is 0.731 bits per heavy atom. The van der Waals surface area contributed by atoms with Gasteiger partial charge in [0.15, 0.2) is 0 Å². The molecule has 0 spiro atoms. The van der Waals surface area contributed by atoms with Crippen LogP contribution < -0.4 is 17.2 Å². The van der Waals surface area contributed by atoms with Gasteiger partial charge in [-0.05, 0) is 13.0 Å². The van der Waals surface area contributed by atoms with Crippen LogP contribution >= 0.6 is 0 Å². The minimum absolute atomic E-state index is 0. The molecule has 0 atom stereocenters. The van der Waals surface area contributed by atoms with Crippen molar-refractivity contribution in [2.45, 2.75) is 96.8 Å². The van der Waals surface area contributed by atoms with Crippen LogP contribution in [0.15, 0.2) is 0 Å². The number of nitrogens with one attached hydrogen (secondary N) is 1. The maximum atomic E-state index is 8.25. The largest absolute Gasteiger partial charge is 1.00 e. The van der Waals surface area contributed by atoms with Crippen molar-refractivity contribution in [3.63, 3.8) is 0 Å². The van der Waals surface area contributed by atoms with E-state index >= 15 is 0 Å². The number of rotatable bonds is 17. The molecule has 0 aliphatic heterocycles. The van der Waals surface area contributed by atoms with Crippen molar-refractivity contribution >= 4 is 0 Å². The summed E-state index contributed by atoms with van der Waals surface area (Å²) >= 11 is 0. The Bertz CT molecular complexity index is 228. The van der Waals surface area contributed by atoms with E-state index in [-0.39, 0.29) is 28.5 Å². The second-order valence-electron chi connectivity index (χ2n) is 6.36. The zero-order valence-electron chi connectivity index (χ0n) is 16.8. The van der Waals surface area contributed by atoms with Crippen LogP contribution in [-0.2, 0) is 22.4 Å². The van der Waals surface area contributed by atoms with Crippen molar-refractivity contribution in [3.8, 4) is 0 Å². The van der Waals surface area contributed by atoms with E-state index < -0.39 is 5.09 Å². The number of nitrogens with zero attached hydrogens (tertiary/aromatic N) is 1.